The molecule has 45 heavy (non-hydrogen) atoms. The lowest BCUT2D eigenvalue weighted by Gasteiger charge is -2.27. The van der Waals surface area contributed by atoms with E-state index in [9.17, 15) is 14.4 Å². The van der Waals surface area contributed by atoms with E-state index in [2.05, 4.69) is 6.07 Å². The largest absolute Gasteiger partial charge is 0.490 e. The minimum atomic E-state index is -0.651. The van der Waals surface area contributed by atoms with Crippen LogP contribution < -0.4 is 24.7 Å². The van der Waals surface area contributed by atoms with Crippen molar-refractivity contribution in [2.24, 2.45) is 5.73 Å². The highest BCUT2D eigenvalue weighted by Gasteiger charge is 2.32. The molecule has 0 fully saturated rings. The van der Waals surface area contributed by atoms with Crippen LogP contribution in [0.5, 0.6) is 23.0 Å². The van der Waals surface area contributed by atoms with Gasteiger partial charge in [-0.15, -0.1) is 0 Å². The molecule has 0 aliphatic carbocycles. The summed E-state index contributed by atoms with van der Waals surface area (Å²) in [4.78, 5) is 13.1. The van der Waals surface area contributed by atoms with Crippen molar-refractivity contribution in [3.05, 3.63) is 130 Å². The van der Waals surface area contributed by atoms with Gasteiger partial charge in [-0.3, -0.25) is 0 Å². The number of nitriles is 1. The van der Waals surface area contributed by atoms with E-state index in [0.29, 0.717) is 51.7 Å². The van der Waals surface area contributed by atoms with Crippen molar-refractivity contribution >= 4 is 16.9 Å². The molecule has 0 bridgehead atoms. The minimum absolute atomic E-state index is 0.0111. The summed E-state index contributed by atoms with van der Waals surface area (Å²) in [6.45, 7) is 5.96. The van der Waals surface area contributed by atoms with Gasteiger partial charge in [-0.05, 0) is 62.2 Å². The Hall–Kier alpha value is -5.75. The van der Waals surface area contributed by atoms with Crippen LogP contribution in [0.3, 0.4) is 0 Å². The molecule has 0 amide bonds. The number of allylic oxidation sites excluding steroid dienone is 1. The molecule has 8 nitrogen and oxygen atoms in total. The van der Waals surface area contributed by atoms with Gasteiger partial charge in [-0.2, -0.15) is 5.26 Å². The van der Waals surface area contributed by atoms with Gasteiger partial charge in [0.05, 0.1) is 12.5 Å². The lowest BCUT2D eigenvalue weighted by atomic mass is 9.83. The molecular weight excluding hydrogens is 575 g/mol. The van der Waals surface area contributed by atoms with Gasteiger partial charge in [0, 0.05) is 28.1 Å². The van der Waals surface area contributed by atoms with E-state index in [-0.39, 0.29) is 35.4 Å². The second kappa shape index (κ2) is 12.1. The first kappa shape index (κ1) is 29.3. The van der Waals surface area contributed by atoms with E-state index in [0.717, 1.165) is 10.9 Å². The summed E-state index contributed by atoms with van der Waals surface area (Å²) in [5, 5.41) is 10.9. The summed E-state index contributed by atoms with van der Waals surface area (Å²) in [5.41, 5.74) is 10.5. The molecule has 1 atom stereocenters. The molecule has 1 aliphatic heterocycles. The number of nitrogens with zero attached hydrogens (tertiary/aromatic N) is 1. The highest BCUT2D eigenvalue weighted by Crippen LogP contribution is 2.45. The number of esters is 1. The molecule has 1 aromatic heterocycles. The number of benzene rings is 4. The lowest BCUT2D eigenvalue weighted by molar-refractivity contribution is 0.0702. The van der Waals surface area contributed by atoms with E-state index < -0.39 is 11.9 Å². The topological polar surface area (TPSA) is 117 Å². The van der Waals surface area contributed by atoms with Crippen LogP contribution in [0.15, 0.2) is 94.7 Å². The summed E-state index contributed by atoms with van der Waals surface area (Å²) < 4.78 is 43.3. The molecule has 0 radical (unpaired) electrons. The van der Waals surface area contributed by atoms with Crippen LogP contribution in [0.1, 0.15) is 51.2 Å². The molecule has 0 spiro atoms. The number of carbonyl (C=O) groups excluding carboxylic acids is 1. The van der Waals surface area contributed by atoms with E-state index in [4.69, 9.17) is 29.1 Å². The fourth-order valence-corrected chi connectivity index (χ4v) is 5.39. The first-order valence-electron chi connectivity index (χ1n) is 14.3. The third-order valence-corrected chi connectivity index (χ3v) is 7.62. The Morgan fingerprint density at radius 2 is 1.82 bits per heavy atom. The Labute approximate surface area is 259 Å². The van der Waals surface area contributed by atoms with Crippen LogP contribution in [0, 0.1) is 31.0 Å². The van der Waals surface area contributed by atoms with E-state index >= 15 is 0 Å². The standard InChI is InChI=1S/C36H29FN2O6/c1-4-41-32-16-22(10-14-29(32)42-19-23-7-5-6-8-28(23)37)33-26-13-11-24(17-31(26)45-35(39)27(33)18-38)43-36(40)34-21(3)25-12-9-20(2)15-30(25)44-34/h5-17,33H,4,19,39H2,1-3H3. The SMILES string of the molecule is CCOc1cc(C2C(C#N)=C(N)Oc3cc(OC(=O)c4oc5cc(C)ccc5c4C)ccc32)ccc1OCc1ccccc1F. The van der Waals surface area contributed by atoms with Gasteiger partial charge in [-0.25, -0.2) is 9.18 Å². The number of aryl methyl sites for hydroxylation is 2. The number of fused-ring (bicyclic) bond motifs is 2. The van der Waals surface area contributed by atoms with Gasteiger partial charge in [0.15, 0.2) is 11.5 Å². The number of ether oxygens (including phenoxy) is 4. The molecule has 0 saturated carbocycles. The quantitative estimate of drug-likeness (QED) is 0.142. The predicted molar refractivity (Wildman–Crippen MR) is 165 cm³/mol. The van der Waals surface area contributed by atoms with E-state index in [1.54, 1.807) is 61.5 Å². The predicted octanol–water partition coefficient (Wildman–Crippen LogP) is 7.60. The Kier molecular flexibility index (Phi) is 7.88. The monoisotopic (exact) mass is 604 g/mol. The van der Waals surface area contributed by atoms with Crippen LogP contribution >= 0.6 is 0 Å². The van der Waals surface area contributed by atoms with Gasteiger partial charge in [0.25, 0.3) is 0 Å². The zero-order chi connectivity index (χ0) is 31.7. The number of furan rings is 1. The first-order chi connectivity index (χ1) is 21.8. The average molecular weight is 605 g/mol. The molecule has 1 unspecified atom stereocenters. The summed E-state index contributed by atoms with van der Waals surface area (Å²) in [7, 11) is 0. The molecule has 6 rings (SSSR count). The van der Waals surface area contributed by atoms with Crippen molar-refractivity contribution in [3.63, 3.8) is 0 Å². The van der Waals surface area contributed by atoms with Crippen LogP contribution in [0.4, 0.5) is 4.39 Å². The van der Waals surface area contributed by atoms with Crippen molar-refractivity contribution in [3.8, 4) is 29.1 Å². The molecular formula is C36H29FN2O6. The number of carbonyl (C=O) groups is 1. The number of hydrogen-bond acceptors (Lipinski definition) is 8. The van der Waals surface area contributed by atoms with Crippen molar-refractivity contribution in [1.29, 1.82) is 5.26 Å². The molecule has 4 aromatic carbocycles. The van der Waals surface area contributed by atoms with Crippen LogP contribution in [0.2, 0.25) is 0 Å². The smallest absolute Gasteiger partial charge is 0.379 e. The van der Waals surface area contributed by atoms with Gasteiger partial charge >= 0.3 is 5.97 Å². The minimum Gasteiger partial charge on any atom is -0.490 e. The maximum absolute atomic E-state index is 14.2. The molecule has 2 heterocycles. The van der Waals surface area contributed by atoms with E-state index in [1.807, 2.05) is 32.0 Å². The zero-order valence-electron chi connectivity index (χ0n) is 24.8. The molecule has 5 aromatic rings. The maximum atomic E-state index is 14.2. The number of hydrogen-bond donors (Lipinski definition) is 1. The van der Waals surface area contributed by atoms with Crippen molar-refractivity contribution in [2.45, 2.75) is 33.3 Å². The normalized spacial score (nSPS) is 14.0. The Bertz CT molecular complexity index is 2020. The zero-order valence-corrected chi connectivity index (χ0v) is 24.8. The number of nitrogens with two attached hydrogens (primary N) is 1. The molecule has 2 N–H and O–H groups in total. The molecule has 0 saturated heterocycles. The molecule has 1 aliphatic rings. The summed E-state index contributed by atoms with van der Waals surface area (Å²) in [6, 6.07) is 24.5. The van der Waals surface area contributed by atoms with Crippen molar-refractivity contribution < 1.29 is 32.5 Å². The molecule has 226 valence electrons. The Morgan fingerprint density at radius 3 is 2.60 bits per heavy atom. The number of rotatable bonds is 8. The van der Waals surface area contributed by atoms with Crippen LogP contribution in [-0.4, -0.2) is 12.6 Å². The average Bonchev–Trinajstić information content (AvgIpc) is 3.35. The van der Waals surface area contributed by atoms with Gasteiger partial charge in [0.2, 0.25) is 11.6 Å². The third kappa shape index (κ3) is 5.66. The summed E-state index contributed by atoms with van der Waals surface area (Å²) in [6.07, 6.45) is 0. The second-order valence-corrected chi connectivity index (χ2v) is 10.6. The van der Waals surface area contributed by atoms with Crippen molar-refractivity contribution in [1.82, 2.24) is 0 Å². The first-order valence-corrected chi connectivity index (χ1v) is 14.3. The third-order valence-electron chi connectivity index (χ3n) is 7.62. The Balaban J connectivity index is 1.30. The fraction of sp³-hybridized carbons (Fsp3) is 0.167. The van der Waals surface area contributed by atoms with E-state index in [1.165, 1.54) is 6.07 Å². The van der Waals surface area contributed by atoms with Crippen molar-refractivity contribution in [2.75, 3.05) is 6.61 Å². The summed E-state index contributed by atoms with van der Waals surface area (Å²) in [5.74, 6) is -0.185. The molecule has 9 heteroatoms. The Morgan fingerprint density at radius 1 is 1.00 bits per heavy atom. The van der Waals surface area contributed by atoms with Gasteiger partial charge in [-0.1, -0.05) is 42.5 Å². The van der Waals surface area contributed by atoms with Gasteiger partial charge < -0.3 is 29.1 Å². The highest BCUT2D eigenvalue weighted by atomic mass is 19.1. The van der Waals surface area contributed by atoms with Gasteiger partial charge in [0.1, 0.15) is 41.1 Å². The second-order valence-electron chi connectivity index (χ2n) is 10.6. The van der Waals surface area contributed by atoms with Crippen LogP contribution in [-0.2, 0) is 6.61 Å². The fourth-order valence-electron chi connectivity index (χ4n) is 5.39. The summed E-state index contributed by atoms with van der Waals surface area (Å²) >= 11 is 0. The van der Waals surface area contributed by atoms with Crippen LogP contribution in [0.25, 0.3) is 11.0 Å². The lowest BCUT2D eigenvalue weighted by Crippen LogP contribution is -2.21. The highest BCUT2D eigenvalue weighted by molar-refractivity contribution is 5.97. The maximum Gasteiger partial charge on any atom is 0.379 e. The number of halogens is 1.